The van der Waals surface area contributed by atoms with Crippen LogP contribution in [0.3, 0.4) is 0 Å². The van der Waals surface area contributed by atoms with Gasteiger partial charge in [-0.3, -0.25) is 9.59 Å². The summed E-state index contributed by atoms with van der Waals surface area (Å²) in [7, 11) is 0. The summed E-state index contributed by atoms with van der Waals surface area (Å²) in [5, 5.41) is 12.9. The van der Waals surface area contributed by atoms with Crippen LogP contribution < -0.4 is 5.32 Å². The Labute approximate surface area is 156 Å². The normalized spacial score (nSPS) is 33.7. The molecule has 1 aromatic rings. The van der Waals surface area contributed by atoms with Gasteiger partial charge in [0, 0.05) is 6.07 Å². The molecule has 5 rings (SSSR count). The van der Waals surface area contributed by atoms with Crippen LogP contribution >= 0.6 is 0 Å². The van der Waals surface area contributed by atoms with Gasteiger partial charge in [-0.05, 0) is 67.9 Å². The van der Waals surface area contributed by atoms with Crippen molar-refractivity contribution in [1.82, 2.24) is 0 Å². The molecule has 146 valence electrons. The molecule has 4 bridgehead atoms. The number of hydrogen-bond acceptors (Lipinski definition) is 4. The highest BCUT2D eigenvalue weighted by molar-refractivity contribution is 5.92. The number of anilines is 1. The predicted molar refractivity (Wildman–Crippen MR) is 92.6 cm³/mol. The molecule has 4 fully saturated rings. The van der Waals surface area contributed by atoms with Gasteiger partial charge in [0.2, 0.25) is 0 Å². The number of aliphatic hydroxyl groups is 1. The summed E-state index contributed by atoms with van der Waals surface area (Å²) in [4.78, 5) is 24.2. The van der Waals surface area contributed by atoms with E-state index < -0.39 is 35.7 Å². The molecule has 4 aliphatic rings. The molecule has 4 aliphatic carbocycles. The Balaban J connectivity index is 1.31. The summed E-state index contributed by atoms with van der Waals surface area (Å²) in [6.07, 6.45) is 5.40. The third-order valence-corrected chi connectivity index (χ3v) is 6.24. The van der Waals surface area contributed by atoms with Gasteiger partial charge in [-0.2, -0.15) is 0 Å². The van der Waals surface area contributed by atoms with E-state index in [0.717, 1.165) is 50.3 Å². The van der Waals surface area contributed by atoms with Crippen LogP contribution in [-0.2, 0) is 14.3 Å². The number of nitrogens with one attached hydrogen (secondary N) is 1. The van der Waals surface area contributed by atoms with Gasteiger partial charge in [0.15, 0.2) is 6.61 Å². The van der Waals surface area contributed by atoms with E-state index in [4.69, 9.17) is 4.74 Å². The lowest BCUT2D eigenvalue weighted by Crippen LogP contribution is -2.56. The van der Waals surface area contributed by atoms with Crippen molar-refractivity contribution in [1.29, 1.82) is 0 Å². The summed E-state index contributed by atoms with van der Waals surface area (Å²) >= 11 is 0. The minimum atomic E-state index is -0.766. The van der Waals surface area contributed by atoms with Crippen LogP contribution in [0, 0.1) is 28.9 Å². The van der Waals surface area contributed by atoms with Gasteiger partial charge in [0.25, 0.3) is 5.91 Å². The average molecular weight is 379 g/mol. The molecular formula is C20H23F2NO4. The number of hydrogen-bond donors (Lipinski definition) is 2. The van der Waals surface area contributed by atoms with Gasteiger partial charge in [-0.25, -0.2) is 8.78 Å². The fraction of sp³-hybridized carbons (Fsp3) is 0.600. The molecule has 0 saturated heterocycles. The molecule has 4 atom stereocenters. The minimum Gasteiger partial charge on any atom is -0.456 e. The van der Waals surface area contributed by atoms with Crippen LogP contribution in [0.5, 0.6) is 0 Å². The number of benzene rings is 1. The van der Waals surface area contributed by atoms with Gasteiger partial charge < -0.3 is 15.2 Å². The molecule has 0 aromatic heterocycles. The van der Waals surface area contributed by atoms with Crippen LogP contribution in [0.25, 0.3) is 0 Å². The molecule has 1 aromatic carbocycles. The smallest absolute Gasteiger partial charge is 0.306 e. The van der Waals surface area contributed by atoms with Gasteiger partial charge >= 0.3 is 5.97 Å². The lowest BCUT2D eigenvalue weighted by molar-refractivity contribution is -0.177. The van der Waals surface area contributed by atoms with Crippen molar-refractivity contribution in [3.05, 3.63) is 29.8 Å². The van der Waals surface area contributed by atoms with E-state index in [1.54, 1.807) is 0 Å². The Morgan fingerprint density at radius 2 is 1.89 bits per heavy atom. The van der Waals surface area contributed by atoms with Crippen molar-refractivity contribution < 1.29 is 28.2 Å². The summed E-state index contributed by atoms with van der Waals surface area (Å²) in [5.41, 5.74) is -1.18. The molecule has 1 amide bonds. The molecule has 27 heavy (non-hydrogen) atoms. The Bertz CT molecular complexity index is 767. The Kier molecular flexibility index (Phi) is 4.45. The molecule has 0 heterocycles. The lowest BCUT2D eigenvalue weighted by atomic mass is 9.47. The molecule has 0 spiro atoms. The van der Waals surface area contributed by atoms with Crippen LogP contribution in [0.1, 0.15) is 44.9 Å². The first-order chi connectivity index (χ1) is 12.7. The second kappa shape index (κ2) is 6.55. The standard InChI is InChI=1S/C20H23F2NO4/c21-14-1-2-15(22)16(4-14)23-17(24)10-27-18(25)9-19-5-12-3-13(6-19)8-20(26,7-12)11-19/h1-2,4,12-13,26H,3,5-11H2,(H,23,24)/t12-,13+,19?,20?. The monoisotopic (exact) mass is 379 g/mol. The van der Waals surface area contributed by atoms with Crippen molar-refractivity contribution in [2.24, 2.45) is 17.3 Å². The number of carbonyl (C=O) groups is 2. The highest BCUT2D eigenvalue weighted by atomic mass is 19.1. The van der Waals surface area contributed by atoms with Crippen molar-refractivity contribution >= 4 is 17.6 Å². The zero-order valence-electron chi connectivity index (χ0n) is 15.0. The van der Waals surface area contributed by atoms with E-state index in [1.807, 2.05) is 0 Å². The molecule has 2 N–H and O–H groups in total. The van der Waals surface area contributed by atoms with Gasteiger partial charge in [-0.1, -0.05) is 0 Å². The van der Waals surface area contributed by atoms with E-state index in [9.17, 15) is 23.5 Å². The fourth-order valence-corrected chi connectivity index (χ4v) is 5.89. The van der Waals surface area contributed by atoms with E-state index >= 15 is 0 Å². The second-order valence-corrected chi connectivity index (χ2v) is 8.70. The van der Waals surface area contributed by atoms with Gasteiger partial charge in [-0.15, -0.1) is 0 Å². The highest BCUT2D eigenvalue weighted by Crippen LogP contribution is 2.62. The maximum atomic E-state index is 13.5. The average Bonchev–Trinajstić information content (AvgIpc) is 2.53. The number of ether oxygens (including phenoxy) is 1. The highest BCUT2D eigenvalue weighted by Gasteiger charge is 2.57. The third-order valence-electron chi connectivity index (χ3n) is 6.24. The summed E-state index contributed by atoms with van der Waals surface area (Å²) in [6.45, 7) is -0.554. The van der Waals surface area contributed by atoms with Crippen LogP contribution in [0.4, 0.5) is 14.5 Å². The van der Waals surface area contributed by atoms with Crippen LogP contribution in [0.2, 0.25) is 0 Å². The summed E-state index contributed by atoms with van der Waals surface area (Å²) < 4.78 is 31.7. The minimum absolute atomic E-state index is 0.184. The van der Waals surface area contributed by atoms with Crippen molar-refractivity contribution in [2.75, 3.05) is 11.9 Å². The van der Waals surface area contributed by atoms with E-state index in [1.165, 1.54) is 0 Å². The number of halogens is 2. The lowest BCUT2D eigenvalue weighted by Gasteiger charge is -2.60. The number of carbonyl (C=O) groups excluding carboxylic acids is 2. The van der Waals surface area contributed by atoms with E-state index in [2.05, 4.69) is 5.32 Å². The van der Waals surface area contributed by atoms with Crippen LogP contribution in [-0.4, -0.2) is 29.2 Å². The van der Waals surface area contributed by atoms with Crippen molar-refractivity contribution in [2.45, 2.75) is 50.5 Å². The molecule has 7 heteroatoms. The third kappa shape index (κ3) is 3.83. The zero-order chi connectivity index (χ0) is 19.2. The maximum absolute atomic E-state index is 13.5. The number of amides is 1. The Morgan fingerprint density at radius 1 is 1.19 bits per heavy atom. The van der Waals surface area contributed by atoms with Crippen molar-refractivity contribution in [3.8, 4) is 0 Å². The SMILES string of the molecule is O=C(COC(=O)CC12C[C@@H]3C[C@@H](CC(O)(C3)C1)C2)Nc1cc(F)ccc1F. The number of esters is 1. The number of rotatable bonds is 5. The van der Waals surface area contributed by atoms with Gasteiger partial charge in [0.05, 0.1) is 17.7 Å². The largest absolute Gasteiger partial charge is 0.456 e. The van der Waals surface area contributed by atoms with Crippen molar-refractivity contribution in [3.63, 3.8) is 0 Å². The van der Waals surface area contributed by atoms with Crippen LogP contribution in [0.15, 0.2) is 18.2 Å². The molecule has 0 aliphatic heterocycles. The molecule has 2 unspecified atom stereocenters. The molecule has 5 nitrogen and oxygen atoms in total. The van der Waals surface area contributed by atoms with E-state index in [-0.39, 0.29) is 17.5 Å². The molecule has 0 radical (unpaired) electrons. The summed E-state index contributed by atoms with van der Waals surface area (Å²) in [5.74, 6) is -1.74. The first-order valence-electron chi connectivity index (χ1n) is 9.37. The predicted octanol–water partition coefficient (Wildman–Crippen LogP) is 3.17. The Morgan fingerprint density at radius 3 is 2.56 bits per heavy atom. The van der Waals surface area contributed by atoms with Gasteiger partial charge in [0.1, 0.15) is 11.6 Å². The Hall–Kier alpha value is -2.02. The second-order valence-electron chi connectivity index (χ2n) is 8.70. The maximum Gasteiger partial charge on any atom is 0.306 e. The first kappa shape index (κ1) is 18.3. The summed E-state index contributed by atoms with van der Waals surface area (Å²) in [6, 6.07) is 2.73. The fourth-order valence-electron chi connectivity index (χ4n) is 5.89. The first-order valence-corrected chi connectivity index (χ1v) is 9.37. The quantitative estimate of drug-likeness (QED) is 0.771. The topological polar surface area (TPSA) is 75.6 Å². The molecular weight excluding hydrogens is 356 g/mol. The molecule has 4 saturated carbocycles. The zero-order valence-corrected chi connectivity index (χ0v) is 15.0. The van der Waals surface area contributed by atoms with E-state index in [0.29, 0.717) is 18.3 Å².